The van der Waals surface area contributed by atoms with E-state index >= 15 is 8.78 Å². The number of aliphatic carboxylic acids is 1. The van der Waals surface area contributed by atoms with E-state index in [1.807, 2.05) is 0 Å². The molecule has 0 aliphatic rings. The first-order valence-electron chi connectivity index (χ1n) is 11.5. The van der Waals surface area contributed by atoms with Gasteiger partial charge in [0.2, 0.25) is 0 Å². The van der Waals surface area contributed by atoms with Crippen LogP contribution in [-0.2, 0) is 4.79 Å². The first-order chi connectivity index (χ1) is 18.0. The number of carboxylic acids is 1. The van der Waals surface area contributed by atoms with Crippen molar-refractivity contribution in [2.45, 2.75) is 18.9 Å². The fourth-order valence-corrected chi connectivity index (χ4v) is 3.78. The Bertz CT molecular complexity index is 1390. The second kappa shape index (κ2) is 12.4. The molecule has 1 aromatic heterocycles. The number of nitrogens with one attached hydrogen (secondary N) is 1. The molecule has 0 bridgehead atoms. The molecular formula is C26H26F4N4O4. The summed E-state index contributed by atoms with van der Waals surface area (Å²) in [7, 11) is 0. The maximum Gasteiger partial charge on any atom is 0.320 e. The van der Waals surface area contributed by atoms with Gasteiger partial charge in [0.15, 0.2) is 11.6 Å². The van der Waals surface area contributed by atoms with Gasteiger partial charge in [0, 0.05) is 35.4 Å². The second-order valence-electron chi connectivity index (χ2n) is 8.27. The highest BCUT2D eigenvalue weighted by atomic mass is 19.1. The van der Waals surface area contributed by atoms with E-state index in [2.05, 4.69) is 11.9 Å². The minimum Gasteiger partial charge on any atom is -0.493 e. The predicted molar refractivity (Wildman–Crippen MR) is 134 cm³/mol. The Morgan fingerprint density at radius 3 is 2.32 bits per heavy atom. The highest BCUT2D eigenvalue weighted by Gasteiger charge is 2.21. The quantitative estimate of drug-likeness (QED) is 0.207. The molecule has 202 valence electrons. The molecule has 0 aliphatic heterocycles. The van der Waals surface area contributed by atoms with Crippen molar-refractivity contribution in [2.24, 2.45) is 5.73 Å². The Morgan fingerprint density at radius 2 is 1.71 bits per heavy atom. The van der Waals surface area contributed by atoms with Crippen LogP contribution in [-0.4, -0.2) is 41.4 Å². The van der Waals surface area contributed by atoms with Gasteiger partial charge in [-0.3, -0.25) is 14.2 Å². The minimum absolute atomic E-state index is 0.0102. The lowest BCUT2D eigenvalue weighted by molar-refractivity contribution is -0.139. The third-order valence-corrected chi connectivity index (χ3v) is 5.66. The fourth-order valence-electron chi connectivity index (χ4n) is 3.78. The number of pyridine rings is 1. The zero-order valence-corrected chi connectivity index (χ0v) is 20.1. The number of halogens is 4. The van der Waals surface area contributed by atoms with Crippen LogP contribution in [0.4, 0.5) is 23.4 Å². The van der Waals surface area contributed by atoms with Gasteiger partial charge in [-0.1, -0.05) is 6.58 Å². The van der Waals surface area contributed by atoms with Crippen molar-refractivity contribution >= 4 is 17.4 Å². The molecule has 0 unspecified atom stereocenters. The largest absolute Gasteiger partial charge is 0.493 e. The second-order valence-corrected chi connectivity index (χ2v) is 8.27. The molecule has 1 heterocycles. The summed E-state index contributed by atoms with van der Waals surface area (Å²) in [5, 5.41) is 11.9. The van der Waals surface area contributed by atoms with Crippen LogP contribution in [0.25, 0.3) is 11.3 Å². The molecule has 6 N–H and O–H groups in total. The third-order valence-electron chi connectivity index (χ3n) is 5.66. The number of hydrogen-bond acceptors (Lipinski definition) is 6. The molecule has 2 aromatic carbocycles. The van der Waals surface area contributed by atoms with Crippen LogP contribution in [0.3, 0.4) is 0 Å². The molecule has 0 spiro atoms. The number of carbonyl (C=O) groups is 1. The molecule has 8 nitrogen and oxygen atoms in total. The predicted octanol–water partition coefficient (Wildman–Crippen LogP) is 3.20. The lowest BCUT2D eigenvalue weighted by Gasteiger charge is -2.17. The normalized spacial score (nSPS) is 11.8. The highest BCUT2D eigenvalue weighted by Crippen LogP contribution is 2.31. The van der Waals surface area contributed by atoms with Crippen LogP contribution < -0.4 is 27.1 Å². The molecule has 38 heavy (non-hydrogen) atoms. The average Bonchev–Trinajstić information content (AvgIpc) is 2.84. The number of hydrogen-bond donors (Lipinski definition) is 4. The van der Waals surface area contributed by atoms with Gasteiger partial charge < -0.3 is 26.6 Å². The van der Waals surface area contributed by atoms with E-state index in [1.165, 1.54) is 6.07 Å². The standard InChI is InChI=1S/C26H26F4N4O4/c1-14(17-4-3-15(27)11-19(17)28)18-5-6-23(35)34(25(18)32)24-20(29)12-16(13-21(24)30)38-10-2-9-33-22(7-8-31)26(36)37/h3-6,11-13,22,33H,1-2,7-10,31-32H2,(H,36,37)/t22-/m0/s1. The third kappa shape index (κ3) is 6.39. The Morgan fingerprint density at radius 1 is 1.05 bits per heavy atom. The van der Waals surface area contributed by atoms with E-state index < -0.39 is 52.3 Å². The summed E-state index contributed by atoms with van der Waals surface area (Å²) in [5.41, 5.74) is 9.69. The fraction of sp³-hybridized carbons (Fsp3) is 0.231. The van der Waals surface area contributed by atoms with Crippen LogP contribution in [0.5, 0.6) is 5.75 Å². The first-order valence-corrected chi connectivity index (χ1v) is 11.5. The van der Waals surface area contributed by atoms with Gasteiger partial charge in [-0.25, -0.2) is 17.6 Å². The summed E-state index contributed by atoms with van der Waals surface area (Å²) in [6, 6.07) is 5.92. The Balaban J connectivity index is 1.81. The molecule has 0 saturated heterocycles. The van der Waals surface area contributed by atoms with Crippen molar-refractivity contribution in [1.29, 1.82) is 0 Å². The number of carboxylic acid groups (broad SMARTS) is 1. The van der Waals surface area contributed by atoms with Crippen molar-refractivity contribution in [1.82, 2.24) is 9.88 Å². The number of rotatable bonds is 12. The van der Waals surface area contributed by atoms with E-state index in [0.717, 1.165) is 30.3 Å². The summed E-state index contributed by atoms with van der Waals surface area (Å²) in [6.45, 7) is 4.21. The lowest BCUT2D eigenvalue weighted by Crippen LogP contribution is -2.39. The van der Waals surface area contributed by atoms with E-state index in [0.29, 0.717) is 17.1 Å². The zero-order chi connectivity index (χ0) is 28.0. The van der Waals surface area contributed by atoms with Crippen LogP contribution in [0.2, 0.25) is 0 Å². The highest BCUT2D eigenvalue weighted by molar-refractivity contribution is 5.83. The van der Waals surface area contributed by atoms with Crippen LogP contribution >= 0.6 is 0 Å². The molecule has 0 amide bonds. The number of aromatic nitrogens is 1. The van der Waals surface area contributed by atoms with Gasteiger partial charge in [-0.05, 0) is 49.7 Å². The average molecular weight is 535 g/mol. The van der Waals surface area contributed by atoms with Gasteiger partial charge in [0.1, 0.15) is 34.9 Å². The number of anilines is 1. The van der Waals surface area contributed by atoms with E-state index in [1.54, 1.807) is 0 Å². The number of benzene rings is 2. The maximum absolute atomic E-state index is 15.0. The van der Waals surface area contributed by atoms with Gasteiger partial charge in [-0.15, -0.1) is 0 Å². The van der Waals surface area contributed by atoms with E-state index in [-0.39, 0.29) is 48.6 Å². The SMILES string of the molecule is C=C(c1ccc(F)cc1F)c1ccc(=O)n(-c2c(F)cc(OCCCN[C@@H](CCN)C(=O)O)cc2F)c1N. The minimum atomic E-state index is -1.16. The van der Waals surface area contributed by atoms with Gasteiger partial charge in [0.25, 0.3) is 5.56 Å². The van der Waals surface area contributed by atoms with E-state index in [9.17, 15) is 18.4 Å². The molecule has 0 fully saturated rings. The Kier molecular flexibility index (Phi) is 9.26. The van der Waals surface area contributed by atoms with Crippen LogP contribution in [0.15, 0.2) is 53.8 Å². The Labute approximate surface area is 215 Å². The van der Waals surface area contributed by atoms with Gasteiger partial charge >= 0.3 is 5.97 Å². The molecule has 12 heteroatoms. The van der Waals surface area contributed by atoms with Crippen molar-refractivity contribution in [3.8, 4) is 11.4 Å². The van der Waals surface area contributed by atoms with Crippen LogP contribution in [0.1, 0.15) is 24.0 Å². The van der Waals surface area contributed by atoms with Gasteiger partial charge in [-0.2, -0.15) is 0 Å². The molecule has 1 atom stereocenters. The summed E-state index contributed by atoms with van der Waals surface area (Å²) >= 11 is 0. The van der Waals surface area contributed by atoms with Crippen molar-refractivity contribution in [2.75, 3.05) is 25.4 Å². The zero-order valence-electron chi connectivity index (χ0n) is 20.1. The smallest absolute Gasteiger partial charge is 0.320 e. The first kappa shape index (κ1) is 28.4. The maximum atomic E-state index is 15.0. The Hall–Kier alpha value is -4.16. The topological polar surface area (TPSA) is 133 Å². The monoisotopic (exact) mass is 534 g/mol. The van der Waals surface area contributed by atoms with E-state index in [4.69, 9.17) is 21.3 Å². The van der Waals surface area contributed by atoms with Crippen molar-refractivity contribution in [3.05, 3.63) is 93.8 Å². The molecule has 3 aromatic rings. The number of nitrogens with zero attached hydrogens (tertiary/aromatic N) is 1. The molecular weight excluding hydrogens is 508 g/mol. The summed E-state index contributed by atoms with van der Waals surface area (Å²) in [5.74, 6) is -5.67. The molecule has 0 saturated carbocycles. The van der Waals surface area contributed by atoms with Gasteiger partial charge in [0.05, 0.1) is 6.61 Å². The summed E-state index contributed by atoms with van der Waals surface area (Å²) in [6.07, 6.45) is 0.569. The van der Waals surface area contributed by atoms with Crippen molar-refractivity contribution in [3.63, 3.8) is 0 Å². The molecule has 3 rings (SSSR count). The van der Waals surface area contributed by atoms with Crippen LogP contribution in [0, 0.1) is 23.3 Å². The summed E-state index contributed by atoms with van der Waals surface area (Å²) < 4.78 is 63.6. The summed E-state index contributed by atoms with van der Waals surface area (Å²) in [4.78, 5) is 23.7. The number of ether oxygens (including phenoxy) is 1. The molecule has 0 radical (unpaired) electrons. The lowest BCUT2D eigenvalue weighted by atomic mass is 9.99. The van der Waals surface area contributed by atoms with Crippen molar-refractivity contribution < 1.29 is 32.2 Å². The number of nitrogens with two attached hydrogens (primary N) is 2. The molecule has 0 aliphatic carbocycles. The number of nitrogen functional groups attached to an aromatic ring is 1.